The fourth-order valence-electron chi connectivity index (χ4n) is 3.64. The molecule has 1 fully saturated rings. The van der Waals surface area contributed by atoms with Gasteiger partial charge in [0.25, 0.3) is 5.91 Å². The van der Waals surface area contributed by atoms with E-state index in [1.54, 1.807) is 49.6 Å². The van der Waals surface area contributed by atoms with E-state index in [4.69, 9.17) is 14.2 Å². The number of aromatic nitrogens is 2. The third-order valence-corrected chi connectivity index (χ3v) is 5.48. The number of nitrogens with zero attached hydrogens (tertiary/aromatic N) is 2. The normalized spacial score (nSPS) is 21.9. The standard InChI is InChI=1S/C24H25N3O7/c1-32-17-9-7-15(8-10-17)14-33-21-20(29)18(13-28)34-23(21)27-12-11-19(26-24(27)31)25-22(30)16-5-3-2-4-6-16/h2-12,18,20-21,23,28-29H,13-14H2,1H3,(H,25,26,30,31)/t18-,20-,21-,23-/m1/s1. The molecule has 2 heterocycles. The average molecular weight is 467 g/mol. The van der Waals surface area contributed by atoms with Gasteiger partial charge in [0.15, 0.2) is 6.23 Å². The molecule has 3 aromatic rings. The molecule has 10 nitrogen and oxygen atoms in total. The fourth-order valence-corrected chi connectivity index (χ4v) is 3.64. The molecule has 3 N–H and O–H groups in total. The Morgan fingerprint density at radius 3 is 2.53 bits per heavy atom. The lowest BCUT2D eigenvalue weighted by Crippen LogP contribution is -2.38. The quantitative estimate of drug-likeness (QED) is 0.452. The molecule has 1 aromatic heterocycles. The zero-order valence-electron chi connectivity index (χ0n) is 18.4. The summed E-state index contributed by atoms with van der Waals surface area (Å²) in [4.78, 5) is 29.0. The third kappa shape index (κ3) is 5.15. The Morgan fingerprint density at radius 2 is 1.88 bits per heavy atom. The molecule has 4 rings (SSSR count). The number of carbonyl (C=O) groups excluding carboxylic acids is 1. The van der Waals surface area contributed by atoms with Crippen LogP contribution in [0.1, 0.15) is 22.1 Å². The first-order valence-electron chi connectivity index (χ1n) is 10.6. The van der Waals surface area contributed by atoms with Crippen molar-refractivity contribution in [1.29, 1.82) is 0 Å². The molecule has 1 amide bonds. The SMILES string of the molecule is COc1ccc(CO[C@@H]2[C@H](O)[C@@H](CO)O[C@H]2n2ccc(NC(=O)c3ccccc3)nc2=O)cc1. The van der Waals surface area contributed by atoms with Crippen molar-refractivity contribution in [2.75, 3.05) is 19.0 Å². The summed E-state index contributed by atoms with van der Waals surface area (Å²) in [5.74, 6) is 0.366. The molecule has 0 spiro atoms. The van der Waals surface area contributed by atoms with E-state index in [0.717, 1.165) is 10.1 Å². The van der Waals surface area contributed by atoms with Crippen molar-refractivity contribution in [2.24, 2.45) is 0 Å². The topological polar surface area (TPSA) is 132 Å². The van der Waals surface area contributed by atoms with Crippen LogP contribution in [0.15, 0.2) is 71.7 Å². The van der Waals surface area contributed by atoms with Crippen molar-refractivity contribution in [3.05, 3.63) is 88.5 Å². The van der Waals surface area contributed by atoms with Crippen molar-refractivity contribution in [3.8, 4) is 5.75 Å². The molecule has 1 aliphatic heterocycles. The van der Waals surface area contributed by atoms with Gasteiger partial charge in [0.2, 0.25) is 0 Å². The van der Waals surface area contributed by atoms with E-state index in [0.29, 0.717) is 11.3 Å². The molecule has 0 unspecified atom stereocenters. The fraction of sp³-hybridized carbons (Fsp3) is 0.292. The lowest BCUT2D eigenvalue weighted by atomic mass is 10.1. The largest absolute Gasteiger partial charge is 0.497 e. The highest BCUT2D eigenvalue weighted by molar-refractivity contribution is 6.03. The van der Waals surface area contributed by atoms with Gasteiger partial charge in [-0.1, -0.05) is 30.3 Å². The summed E-state index contributed by atoms with van der Waals surface area (Å²) in [7, 11) is 1.57. The van der Waals surface area contributed by atoms with Crippen LogP contribution in [0.4, 0.5) is 5.82 Å². The van der Waals surface area contributed by atoms with Crippen molar-refractivity contribution < 1.29 is 29.2 Å². The Hall–Kier alpha value is -3.57. The smallest absolute Gasteiger partial charge is 0.351 e. The van der Waals surface area contributed by atoms with Crippen LogP contribution in [0, 0.1) is 0 Å². The second kappa shape index (κ2) is 10.6. The van der Waals surface area contributed by atoms with E-state index in [1.165, 1.54) is 12.3 Å². The number of ether oxygens (including phenoxy) is 3. The number of nitrogens with one attached hydrogen (secondary N) is 1. The Labute approximate surface area is 195 Å². The first-order chi connectivity index (χ1) is 16.5. The maximum atomic E-state index is 12.7. The summed E-state index contributed by atoms with van der Waals surface area (Å²) in [6, 6.07) is 17.2. The maximum absolute atomic E-state index is 12.7. The molecule has 34 heavy (non-hydrogen) atoms. The molecule has 0 saturated carbocycles. The van der Waals surface area contributed by atoms with E-state index in [9.17, 15) is 19.8 Å². The Morgan fingerprint density at radius 1 is 1.15 bits per heavy atom. The van der Waals surface area contributed by atoms with Gasteiger partial charge in [-0.25, -0.2) is 4.79 Å². The number of anilines is 1. The Balaban J connectivity index is 1.50. The summed E-state index contributed by atoms with van der Waals surface area (Å²) in [5, 5.41) is 22.8. The van der Waals surface area contributed by atoms with Crippen LogP contribution in [0.3, 0.4) is 0 Å². The number of hydrogen-bond donors (Lipinski definition) is 3. The molecule has 0 radical (unpaired) electrons. The predicted octanol–water partition coefficient (Wildman–Crippen LogP) is 1.34. The second-order valence-electron chi connectivity index (χ2n) is 7.68. The first-order valence-corrected chi connectivity index (χ1v) is 10.6. The van der Waals surface area contributed by atoms with Gasteiger partial charge < -0.3 is 29.7 Å². The first kappa shape index (κ1) is 23.6. The third-order valence-electron chi connectivity index (χ3n) is 5.48. The number of hydrogen-bond acceptors (Lipinski definition) is 8. The molecular formula is C24H25N3O7. The van der Waals surface area contributed by atoms with Crippen molar-refractivity contribution in [1.82, 2.24) is 9.55 Å². The molecule has 2 aromatic carbocycles. The van der Waals surface area contributed by atoms with Gasteiger partial charge in [0, 0.05) is 11.8 Å². The Bertz CT molecular complexity index is 1170. The molecule has 0 aliphatic carbocycles. The maximum Gasteiger partial charge on any atom is 0.351 e. The highest BCUT2D eigenvalue weighted by Gasteiger charge is 2.45. The lowest BCUT2D eigenvalue weighted by Gasteiger charge is -2.22. The van der Waals surface area contributed by atoms with Gasteiger partial charge in [-0.3, -0.25) is 9.36 Å². The molecule has 0 bridgehead atoms. The number of benzene rings is 2. The van der Waals surface area contributed by atoms with Gasteiger partial charge in [0.05, 0.1) is 20.3 Å². The van der Waals surface area contributed by atoms with E-state index >= 15 is 0 Å². The summed E-state index contributed by atoms with van der Waals surface area (Å²) in [5.41, 5.74) is 0.539. The van der Waals surface area contributed by atoms with Gasteiger partial charge in [-0.2, -0.15) is 4.98 Å². The number of methoxy groups -OCH3 is 1. The molecule has 1 saturated heterocycles. The molecule has 178 valence electrons. The number of aliphatic hydroxyl groups is 2. The van der Waals surface area contributed by atoms with Crippen molar-refractivity contribution in [3.63, 3.8) is 0 Å². The van der Waals surface area contributed by atoms with Crippen LogP contribution < -0.4 is 15.7 Å². The second-order valence-corrected chi connectivity index (χ2v) is 7.68. The van der Waals surface area contributed by atoms with E-state index in [2.05, 4.69) is 10.3 Å². The van der Waals surface area contributed by atoms with Crippen LogP contribution in [0.5, 0.6) is 5.75 Å². The van der Waals surface area contributed by atoms with Gasteiger partial charge in [0.1, 0.15) is 29.9 Å². The average Bonchev–Trinajstić information content (AvgIpc) is 3.18. The molecule has 1 aliphatic rings. The van der Waals surface area contributed by atoms with E-state index < -0.39 is 42.7 Å². The number of aliphatic hydroxyl groups excluding tert-OH is 2. The highest BCUT2D eigenvalue weighted by atomic mass is 16.6. The highest BCUT2D eigenvalue weighted by Crippen LogP contribution is 2.31. The minimum absolute atomic E-state index is 0.0723. The monoisotopic (exact) mass is 467 g/mol. The summed E-state index contributed by atoms with van der Waals surface area (Å²) in [6.45, 7) is -0.315. The van der Waals surface area contributed by atoms with E-state index in [-0.39, 0.29) is 12.4 Å². The van der Waals surface area contributed by atoms with Gasteiger partial charge in [-0.05, 0) is 35.9 Å². The van der Waals surface area contributed by atoms with Crippen LogP contribution >= 0.6 is 0 Å². The number of amides is 1. The lowest BCUT2D eigenvalue weighted by molar-refractivity contribution is -0.0796. The van der Waals surface area contributed by atoms with Gasteiger partial charge in [-0.15, -0.1) is 0 Å². The van der Waals surface area contributed by atoms with Crippen molar-refractivity contribution in [2.45, 2.75) is 31.1 Å². The van der Waals surface area contributed by atoms with Crippen molar-refractivity contribution >= 4 is 11.7 Å². The van der Waals surface area contributed by atoms with Crippen LogP contribution in [0.2, 0.25) is 0 Å². The molecule has 10 heteroatoms. The number of rotatable bonds is 8. The summed E-state index contributed by atoms with van der Waals surface area (Å²) >= 11 is 0. The minimum atomic E-state index is -1.17. The zero-order valence-corrected chi connectivity index (χ0v) is 18.4. The summed E-state index contributed by atoms with van der Waals surface area (Å²) < 4.78 is 17.9. The van der Waals surface area contributed by atoms with Crippen LogP contribution in [-0.4, -0.2) is 57.7 Å². The minimum Gasteiger partial charge on any atom is -0.497 e. The van der Waals surface area contributed by atoms with Crippen LogP contribution in [-0.2, 0) is 16.1 Å². The van der Waals surface area contributed by atoms with E-state index in [1.807, 2.05) is 12.1 Å². The zero-order chi connectivity index (χ0) is 24.1. The molecular weight excluding hydrogens is 442 g/mol. The summed E-state index contributed by atoms with van der Waals surface area (Å²) in [6.07, 6.45) is -2.67. The molecule has 4 atom stereocenters. The Kier molecular flexibility index (Phi) is 7.33. The number of carbonyl (C=O) groups is 1. The predicted molar refractivity (Wildman–Crippen MR) is 121 cm³/mol. The van der Waals surface area contributed by atoms with Crippen LogP contribution in [0.25, 0.3) is 0 Å². The van der Waals surface area contributed by atoms with Gasteiger partial charge >= 0.3 is 5.69 Å².